The lowest BCUT2D eigenvalue weighted by Crippen LogP contribution is -2.03. The fraction of sp³-hybridized carbons (Fsp3) is 0.143. The second kappa shape index (κ2) is 9.37. The normalized spacial score (nSPS) is 10.6. The second-order valence-corrected chi connectivity index (χ2v) is 7.20. The highest BCUT2D eigenvalue weighted by atomic mass is 35.5. The van der Waals surface area contributed by atoms with Crippen LogP contribution in [0.25, 0.3) is 0 Å². The van der Waals surface area contributed by atoms with E-state index in [1.807, 2.05) is 18.2 Å². The highest BCUT2D eigenvalue weighted by molar-refractivity contribution is 6.36. The van der Waals surface area contributed by atoms with Gasteiger partial charge in [-0.2, -0.15) is 0 Å². The second-order valence-electron chi connectivity index (χ2n) is 5.95. The van der Waals surface area contributed by atoms with Crippen LogP contribution < -0.4 is 14.8 Å². The zero-order chi connectivity index (χ0) is 20.1. The summed E-state index contributed by atoms with van der Waals surface area (Å²) >= 11 is 18.1. The molecule has 28 heavy (non-hydrogen) atoms. The summed E-state index contributed by atoms with van der Waals surface area (Å²) < 4.78 is 25.0. The van der Waals surface area contributed by atoms with E-state index in [1.54, 1.807) is 37.4 Å². The highest BCUT2D eigenvalue weighted by Crippen LogP contribution is 2.31. The first-order chi connectivity index (χ1) is 13.5. The molecule has 3 aromatic rings. The fourth-order valence-corrected chi connectivity index (χ4v) is 3.28. The van der Waals surface area contributed by atoms with Crippen molar-refractivity contribution in [2.24, 2.45) is 0 Å². The van der Waals surface area contributed by atoms with E-state index in [2.05, 4.69) is 5.32 Å². The van der Waals surface area contributed by atoms with Crippen LogP contribution >= 0.6 is 34.8 Å². The van der Waals surface area contributed by atoms with E-state index in [-0.39, 0.29) is 6.61 Å². The van der Waals surface area contributed by atoms with Gasteiger partial charge in [-0.3, -0.25) is 0 Å². The molecule has 0 fully saturated rings. The maximum absolute atomic E-state index is 13.9. The van der Waals surface area contributed by atoms with Gasteiger partial charge in [0.1, 0.15) is 12.4 Å². The average Bonchev–Trinajstić information content (AvgIpc) is 2.67. The predicted molar refractivity (Wildman–Crippen MR) is 113 cm³/mol. The first kappa shape index (κ1) is 20.6. The molecule has 0 saturated heterocycles. The molecule has 3 nitrogen and oxygen atoms in total. The van der Waals surface area contributed by atoms with E-state index >= 15 is 0 Å². The third-order valence-electron chi connectivity index (χ3n) is 4.08. The number of hydrogen-bond donors (Lipinski definition) is 1. The minimum Gasteiger partial charge on any atom is -0.493 e. The van der Waals surface area contributed by atoms with Gasteiger partial charge in [0.15, 0.2) is 11.5 Å². The number of anilines is 1. The van der Waals surface area contributed by atoms with Gasteiger partial charge in [-0.25, -0.2) is 4.39 Å². The van der Waals surface area contributed by atoms with Crippen LogP contribution in [-0.2, 0) is 13.2 Å². The van der Waals surface area contributed by atoms with Crippen LogP contribution in [0, 0.1) is 5.82 Å². The van der Waals surface area contributed by atoms with Gasteiger partial charge >= 0.3 is 0 Å². The molecule has 3 aromatic carbocycles. The van der Waals surface area contributed by atoms with Gasteiger partial charge in [-0.15, -0.1) is 0 Å². The molecular formula is C21H17Cl3FNO2. The van der Waals surface area contributed by atoms with Crippen molar-refractivity contribution in [3.05, 3.63) is 86.6 Å². The van der Waals surface area contributed by atoms with Crippen molar-refractivity contribution in [3.8, 4) is 11.5 Å². The third-order valence-corrected chi connectivity index (χ3v) is 4.98. The SMILES string of the molecule is COc1cc(CNc2ccc(Cl)cc2Cl)ccc1OCc1c(F)cccc1Cl. The van der Waals surface area contributed by atoms with E-state index in [0.29, 0.717) is 38.7 Å². The number of methoxy groups -OCH3 is 1. The lowest BCUT2D eigenvalue weighted by Gasteiger charge is -2.14. The van der Waals surface area contributed by atoms with Crippen LogP contribution in [0.15, 0.2) is 54.6 Å². The van der Waals surface area contributed by atoms with Gasteiger partial charge in [0, 0.05) is 17.1 Å². The lowest BCUT2D eigenvalue weighted by molar-refractivity contribution is 0.279. The Hall–Kier alpha value is -2.14. The molecule has 0 aromatic heterocycles. The number of benzene rings is 3. The number of hydrogen-bond acceptors (Lipinski definition) is 3. The van der Waals surface area contributed by atoms with E-state index in [0.717, 1.165) is 11.3 Å². The zero-order valence-electron chi connectivity index (χ0n) is 14.9. The maximum atomic E-state index is 13.9. The van der Waals surface area contributed by atoms with Crippen molar-refractivity contribution in [1.29, 1.82) is 0 Å². The quantitative estimate of drug-likeness (QED) is 0.429. The molecule has 146 valence electrons. The van der Waals surface area contributed by atoms with Gasteiger partial charge in [0.25, 0.3) is 0 Å². The van der Waals surface area contributed by atoms with E-state index < -0.39 is 5.82 Å². The van der Waals surface area contributed by atoms with Gasteiger partial charge < -0.3 is 14.8 Å². The van der Waals surface area contributed by atoms with Gasteiger partial charge in [-0.1, -0.05) is 46.9 Å². The smallest absolute Gasteiger partial charge is 0.161 e. The summed E-state index contributed by atoms with van der Waals surface area (Å²) in [7, 11) is 1.55. The van der Waals surface area contributed by atoms with Crippen LogP contribution in [0.4, 0.5) is 10.1 Å². The number of rotatable bonds is 7. The molecule has 0 aliphatic heterocycles. The van der Waals surface area contributed by atoms with Crippen molar-refractivity contribution in [2.75, 3.05) is 12.4 Å². The first-order valence-corrected chi connectivity index (χ1v) is 9.53. The lowest BCUT2D eigenvalue weighted by atomic mass is 10.2. The Morgan fingerprint density at radius 3 is 2.46 bits per heavy atom. The van der Waals surface area contributed by atoms with Crippen LogP contribution in [0.3, 0.4) is 0 Å². The first-order valence-electron chi connectivity index (χ1n) is 8.39. The van der Waals surface area contributed by atoms with Crippen LogP contribution in [0.1, 0.15) is 11.1 Å². The molecule has 0 atom stereocenters. The summed E-state index contributed by atoms with van der Waals surface area (Å²) in [5.74, 6) is 0.621. The van der Waals surface area contributed by atoms with Crippen molar-refractivity contribution >= 4 is 40.5 Å². The summed E-state index contributed by atoms with van der Waals surface area (Å²) in [5, 5.41) is 4.69. The van der Waals surface area contributed by atoms with Crippen molar-refractivity contribution in [2.45, 2.75) is 13.2 Å². The molecular weight excluding hydrogens is 424 g/mol. The number of ether oxygens (including phenoxy) is 2. The van der Waals surface area contributed by atoms with Gasteiger partial charge in [0.2, 0.25) is 0 Å². The zero-order valence-corrected chi connectivity index (χ0v) is 17.2. The van der Waals surface area contributed by atoms with E-state index in [1.165, 1.54) is 6.07 Å². The molecule has 7 heteroatoms. The largest absolute Gasteiger partial charge is 0.493 e. The van der Waals surface area contributed by atoms with Crippen molar-refractivity contribution < 1.29 is 13.9 Å². The molecule has 0 heterocycles. The van der Waals surface area contributed by atoms with Gasteiger partial charge in [-0.05, 0) is 48.0 Å². The topological polar surface area (TPSA) is 30.5 Å². The Morgan fingerprint density at radius 1 is 0.929 bits per heavy atom. The summed E-state index contributed by atoms with van der Waals surface area (Å²) in [5.41, 5.74) is 2.04. The van der Waals surface area contributed by atoms with E-state index in [4.69, 9.17) is 44.3 Å². The average molecular weight is 441 g/mol. The molecule has 0 aliphatic carbocycles. The van der Waals surface area contributed by atoms with Gasteiger partial charge in [0.05, 0.1) is 22.8 Å². The minimum absolute atomic E-state index is 0.000153. The van der Waals surface area contributed by atoms with Crippen molar-refractivity contribution in [3.63, 3.8) is 0 Å². The third kappa shape index (κ3) is 5.02. The Balaban J connectivity index is 1.69. The molecule has 0 saturated carbocycles. The van der Waals surface area contributed by atoms with Crippen molar-refractivity contribution in [1.82, 2.24) is 0 Å². The monoisotopic (exact) mass is 439 g/mol. The number of nitrogens with one attached hydrogen (secondary N) is 1. The minimum atomic E-state index is -0.410. The molecule has 0 aliphatic rings. The Bertz CT molecular complexity index is 962. The van der Waals surface area contributed by atoms with Crippen LogP contribution in [-0.4, -0.2) is 7.11 Å². The van der Waals surface area contributed by atoms with Crippen LogP contribution in [0.2, 0.25) is 15.1 Å². The summed E-state index contributed by atoms with van der Waals surface area (Å²) in [6.07, 6.45) is 0. The standard InChI is InChI=1S/C21H17Cl3FNO2/c1-27-21-9-13(11-26-19-7-6-14(22)10-17(19)24)5-8-20(21)28-12-15-16(23)3-2-4-18(15)25/h2-10,26H,11-12H2,1H3. The molecule has 0 bridgehead atoms. The summed E-state index contributed by atoms with van der Waals surface area (Å²) in [4.78, 5) is 0. The van der Waals surface area contributed by atoms with Crippen LogP contribution in [0.5, 0.6) is 11.5 Å². The molecule has 3 rings (SSSR count). The summed E-state index contributed by atoms with van der Waals surface area (Å²) in [6.45, 7) is 0.525. The predicted octanol–water partition coefficient (Wildman–Crippen LogP) is 6.99. The summed E-state index contributed by atoms with van der Waals surface area (Å²) in [6, 6.07) is 15.3. The Morgan fingerprint density at radius 2 is 1.75 bits per heavy atom. The fourth-order valence-electron chi connectivity index (χ4n) is 2.59. The molecule has 0 radical (unpaired) electrons. The Labute approximate surface area is 177 Å². The molecule has 0 unspecified atom stereocenters. The molecule has 0 spiro atoms. The molecule has 1 N–H and O–H groups in total. The number of halogens is 4. The molecule has 0 amide bonds. The maximum Gasteiger partial charge on any atom is 0.161 e. The Kier molecular flexibility index (Phi) is 6.89. The van der Waals surface area contributed by atoms with E-state index in [9.17, 15) is 4.39 Å². The highest BCUT2D eigenvalue weighted by Gasteiger charge is 2.11.